The van der Waals surface area contributed by atoms with E-state index in [9.17, 15) is 4.79 Å². The van der Waals surface area contributed by atoms with Crippen molar-refractivity contribution in [3.63, 3.8) is 0 Å². The molecule has 0 unspecified atom stereocenters. The molecule has 1 aromatic carbocycles. The average molecular weight is 222 g/mol. The van der Waals surface area contributed by atoms with E-state index < -0.39 is 5.60 Å². The number of nitrogens with two attached hydrogens (primary N) is 1. The highest BCUT2D eigenvalue weighted by atomic mass is 16.6. The Labute approximate surface area is 93.5 Å². The number of ether oxygens (including phenoxy) is 1. The fraction of sp³-hybridized carbons (Fsp3) is 0.364. The first kappa shape index (κ1) is 10.9. The van der Waals surface area contributed by atoms with E-state index in [-0.39, 0.29) is 5.91 Å². The van der Waals surface area contributed by atoms with Crippen LogP contribution in [0.5, 0.6) is 5.75 Å². The summed E-state index contributed by atoms with van der Waals surface area (Å²) in [6.07, 6.45) is 0. The Morgan fingerprint density at radius 3 is 2.94 bits per heavy atom. The van der Waals surface area contributed by atoms with Crippen LogP contribution in [0.1, 0.15) is 19.4 Å². The summed E-state index contributed by atoms with van der Waals surface area (Å²) in [4.78, 5) is 16.2. The van der Waals surface area contributed by atoms with Crippen molar-refractivity contribution in [1.29, 1.82) is 0 Å². The van der Waals surface area contributed by atoms with Gasteiger partial charge >= 0.3 is 0 Å². The van der Waals surface area contributed by atoms with E-state index in [1.54, 1.807) is 26.0 Å². The van der Waals surface area contributed by atoms with Gasteiger partial charge in [-0.15, -0.1) is 0 Å². The maximum absolute atomic E-state index is 11.7. The third-order valence-corrected chi connectivity index (χ3v) is 2.45. The Kier molecular flexibility index (Phi) is 2.57. The first-order chi connectivity index (χ1) is 7.53. The van der Waals surface area contributed by atoms with Crippen molar-refractivity contribution in [1.82, 2.24) is 0 Å². The van der Waals surface area contributed by atoms with Crippen LogP contribution in [0.4, 0.5) is 5.69 Å². The first-order valence-corrected chi connectivity index (χ1v) is 4.98. The highest BCUT2D eigenvalue weighted by molar-refractivity contribution is 6.00. The Bertz CT molecular complexity index is 429. The summed E-state index contributed by atoms with van der Waals surface area (Å²) in [7, 11) is 0. The van der Waals surface area contributed by atoms with E-state index in [0.29, 0.717) is 18.0 Å². The lowest BCUT2D eigenvalue weighted by molar-refractivity contribution is -0.129. The zero-order valence-electron chi connectivity index (χ0n) is 9.24. The normalized spacial score (nSPS) is 17.3. The molecule has 1 aliphatic rings. The summed E-state index contributed by atoms with van der Waals surface area (Å²) >= 11 is 0. The van der Waals surface area contributed by atoms with Crippen molar-refractivity contribution in [3.8, 4) is 5.75 Å². The van der Waals surface area contributed by atoms with E-state index in [4.69, 9.17) is 10.6 Å². The smallest absolute Gasteiger partial charge is 0.268 e. The maximum Gasteiger partial charge on any atom is 0.268 e. The minimum atomic E-state index is -0.834. The van der Waals surface area contributed by atoms with Crippen LogP contribution >= 0.6 is 0 Å². The highest BCUT2D eigenvalue weighted by Crippen LogP contribution is 2.34. The zero-order chi connectivity index (χ0) is 11.8. The van der Waals surface area contributed by atoms with Crippen LogP contribution in [0.2, 0.25) is 0 Å². The third kappa shape index (κ3) is 1.87. The predicted octanol–water partition coefficient (Wildman–Crippen LogP) is 1.19. The molecule has 1 amide bonds. The third-order valence-electron chi connectivity index (χ3n) is 2.45. The number of rotatable bonds is 2. The Morgan fingerprint density at radius 1 is 1.50 bits per heavy atom. The molecule has 86 valence electrons. The Hall–Kier alpha value is -1.59. The second-order valence-corrected chi connectivity index (χ2v) is 4.21. The number of amides is 1. The molecule has 3 N–H and O–H groups in total. The van der Waals surface area contributed by atoms with Gasteiger partial charge in [-0.1, -0.05) is 6.07 Å². The summed E-state index contributed by atoms with van der Waals surface area (Å²) in [5.41, 5.74) is 0.697. The van der Waals surface area contributed by atoms with Crippen LogP contribution in [0.3, 0.4) is 0 Å². The molecule has 0 aromatic heterocycles. The van der Waals surface area contributed by atoms with Crippen molar-refractivity contribution in [3.05, 3.63) is 23.8 Å². The quantitative estimate of drug-likeness (QED) is 0.737. The molecule has 0 bridgehead atoms. The molecule has 5 heteroatoms. The first-order valence-electron chi connectivity index (χ1n) is 4.98. The van der Waals surface area contributed by atoms with Gasteiger partial charge in [-0.05, 0) is 31.5 Å². The standard InChI is InChI=1S/C11H14N2O3/c1-11(2)10(14)13-8-5-7(6-15-12)3-4-9(8)16-11/h3-5H,6,12H2,1-2H3,(H,13,14). The van der Waals surface area contributed by atoms with Crippen LogP contribution in [0, 0.1) is 0 Å². The van der Waals surface area contributed by atoms with Crippen molar-refractivity contribution < 1.29 is 14.4 Å². The van der Waals surface area contributed by atoms with Crippen LogP contribution in [0.25, 0.3) is 0 Å². The molecule has 0 saturated carbocycles. The van der Waals surface area contributed by atoms with Crippen LogP contribution in [-0.2, 0) is 16.2 Å². The Balaban J connectivity index is 2.33. The van der Waals surface area contributed by atoms with Gasteiger partial charge in [0.05, 0.1) is 12.3 Å². The summed E-state index contributed by atoms with van der Waals surface area (Å²) < 4.78 is 5.58. The van der Waals surface area contributed by atoms with Gasteiger partial charge in [-0.25, -0.2) is 5.90 Å². The molecule has 1 heterocycles. The Morgan fingerprint density at radius 2 is 2.25 bits per heavy atom. The van der Waals surface area contributed by atoms with Crippen LogP contribution in [-0.4, -0.2) is 11.5 Å². The lowest BCUT2D eigenvalue weighted by atomic mass is 10.1. The predicted molar refractivity (Wildman–Crippen MR) is 58.8 cm³/mol. The molecule has 0 fully saturated rings. The number of benzene rings is 1. The van der Waals surface area contributed by atoms with Gasteiger partial charge in [0.15, 0.2) is 5.60 Å². The number of anilines is 1. The van der Waals surface area contributed by atoms with E-state index >= 15 is 0 Å². The topological polar surface area (TPSA) is 73.6 Å². The van der Waals surface area contributed by atoms with E-state index in [0.717, 1.165) is 5.56 Å². The van der Waals surface area contributed by atoms with Crippen molar-refractivity contribution in [2.75, 3.05) is 5.32 Å². The van der Waals surface area contributed by atoms with Crippen molar-refractivity contribution in [2.24, 2.45) is 5.90 Å². The fourth-order valence-corrected chi connectivity index (χ4v) is 1.54. The van der Waals surface area contributed by atoms with Crippen molar-refractivity contribution in [2.45, 2.75) is 26.1 Å². The molecule has 1 aliphatic heterocycles. The van der Waals surface area contributed by atoms with Gasteiger partial charge in [0.2, 0.25) is 0 Å². The van der Waals surface area contributed by atoms with Gasteiger partial charge in [-0.3, -0.25) is 9.63 Å². The van der Waals surface area contributed by atoms with E-state index in [2.05, 4.69) is 10.2 Å². The average Bonchev–Trinajstić information content (AvgIpc) is 2.20. The van der Waals surface area contributed by atoms with Crippen LogP contribution in [0.15, 0.2) is 18.2 Å². The maximum atomic E-state index is 11.7. The van der Waals surface area contributed by atoms with Gasteiger partial charge in [-0.2, -0.15) is 0 Å². The van der Waals surface area contributed by atoms with Crippen molar-refractivity contribution >= 4 is 11.6 Å². The van der Waals surface area contributed by atoms with E-state index in [1.165, 1.54) is 0 Å². The van der Waals surface area contributed by atoms with E-state index in [1.807, 2.05) is 6.07 Å². The minimum Gasteiger partial charge on any atom is -0.476 e. The van der Waals surface area contributed by atoms with Gasteiger partial charge in [0, 0.05) is 0 Å². The lowest BCUT2D eigenvalue weighted by Crippen LogP contribution is -2.45. The van der Waals surface area contributed by atoms with Gasteiger partial charge in [0.1, 0.15) is 5.75 Å². The molecule has 16 heavy (non-hydrogen) atoms. The van der Waals surface area contributed by atoms with Crippen LogP contribution < -0.4 is 16.0 Å². The monoisotopic (exact) mass is 222 g/mol. The van der Waals surface area contributed by atoms with Gasteiger partial charge < -0.3 is 10.1 Å². The highest BCUT2D eigenvalue weighted by Gasteiger charge is 2.35. The molecule has 0 radical (unpaired) electrons. The number of hydrogen-bond donors (Lipinski definition) is 2. The molecular weight excluding hydrogens is 208 g/mol. The second kappa shape index (κ2) is 3.77. The molecule has 2 rings (SSSR count). The molecule has 0 aliphatic carbocycles. The molecule has 0 atom stereocenters. The number of nitrogens with one attached hydrogen (secondary N) is 1. The number of carbonyl (C=O) groups excluding carboxylic acids is 1. The molecule has 5 nitrogen and oxygen atoms in total. The molecule has 0 spiro atoms. The number of carbonyl (C=O) groups is 1. The second-order valence-electron chi connectivity index (χ2n) is 4.21. The molecule has 1 aromatic rings. The summed E-state index contributed by atoms with van der Waals surface area (Å²) in [5, 5.41) is 2.79. The number of fused-ring (bicyclic) bond motifs is 1. The number of hydrogen-bond acceptors (Lipinski definition) is 4. The van der Waals surface area contributed by atoms with Gasteiger partial charge in [0.25, 0.3) is 5.91 Å². The summed E-state index contributed by atoms with van der Waals surface area (Å²) in [6.45, 7) is 3.75. The fourth-order valence-electron chi connectivity index (χ4n) is 1.54. The molecule has 0 saturated heterocycles. The lowest BCUT2D eigenvalue weighted by Gasteiger charge is -2.31. The molecular formula is C11H14N2O3. The SMILES string of the molecule is CC1(C)Oc2ccc(CON)cc2NC1=O. The minimum absolute atomic E-state index is 0.161. The zero-order valence-corrected chi connectivity index (χ0v) is 9.24. The summed E-state index contributed by atoms with van der Waals surface area (Å²) in [5.74, 6) is 5.48. The summed E-state index contributed by atoms with van der Waals surface area (Å²) in [6, 6.07) is 5.43. The largest absolute Gasteiger partial charge is 0.476 e.